The van der Waals surface area contributed by atoms with E-state index in [4.69, 9.17) is 21.1 Å². The lowest BCUT2D eigenvalue weighted by molar-refractivity contribution is 0.0514. The van der Waals surface area contributed by atoms with E-state index in [-0.39, 0.29) is 5.97 Å². The Labute approximate surface area is 164 Å². The van der Waals surface area contributed by atoms with Gasteiger partial charge in [0.2, 0.25) is 0 Å². The third-order valence-corrected chi connectivity index (χ3v) is 5.10. The van der Waals surface area contributed by atoms with Crippen molar-refractivity contribution in [1.82, 2.24) is 4.57 Å². The van der Waals surface area contributed by atoms with Crippen molar-refractivity contribution in [3.05, 3.63) is 64.3 Å². The number of hydrogen-bond donors (Lipinski definition) is 0. The maximum atomic E-state index is 12.3. The van der Waals surface area contributed by atoms with E-state index in [2.05, 4.69) is 0 Å². The van der Waals surface area contributed by atoms with Crippen LogP contribution in [0.1, 0.15) is 35.0 Å². The zero-order chi connectivity index (χ0) is 19.4. The zero-order valence-electron chi connectivity index (χ0n) is 15.9. The van der Waals surface area contributed by atoms with E-state index in [1.807, 2.05) is 67.8 Å². The number of nitrogens with zero attached hydrogens (tertiary/aromatic N) is 1. The average Bonchev–Trinajstić information content (AvgIpc) is 3.02. The smallest absolute Gasteiger partial charge is 0.354 e. The van der Waals surface area contributed by atoms with Crippen LogP contribution in [0, 0.1) is 13.8 Å². The Balaban J connectivity index is 1.71. The van der Waals surface area contributed by atoms with Gasteiger partial charge in [0.15, 0.2) is 0 Å². The Morgan fingerprint density at radius 2 is 1.81 bits per heavy atom. The Kier molecular flexibility index (Phi) is 6.07. The van der Waals surface area contributed by atoms with Crippen LogP contribution in [0.25, 0.3) is 10.9 Å². The lowest BCUT2D eigenvalue weighted by Crippen LogP contribution is -2.13. The highest BCUT2D eigenvalue weighted by Crippen LogP contribution is 2.26. The number of fused-ring (bicyclic) bond motifs is 1. The molecule has 0 atom stereocenters. The summed E-state index contributed by atoms with van der Waals surface area (Å²) in [4.78, 5) is 12.3. The zero-order valence-corrected chi connectivity index (χ0v) is 16.7. The third-order valence-electron chi connectivity index (χ3n) is 4.50. The molecule has 4 nitrogen and oxygen atoms in total. The highest BCUT2D eigenvalue weighted by Gasteiger charge is 2.16. The van der Waals surface area contributed by atoms with E-state index in [1.165, 1.54) is 0 Å². The second-order valence-electron chi connectivity index (χ2n) is 6.53. The summed E-state index contributed by atoms with van der Waals surface area (Å²) in [5.74, 6) is 0.524. The molecule has 5 heteroatoms. The quantitative estimate of drug-likeness (QED) is 0.395. The van der Waals surface area contributed by atoms with Gasteiger partial charge in [0.05, 0.1) is 13.2 Å². The van der Waals surface area contributed by atoms with E-state index in [9.17, 15) is 4.79 Å². The molecule has 0 saturated carbocycles. The predicted molar refractivity (Wildman–Crippen MR) is 109 cm³/mol. The number of esters is 1. The molecule has 0 aliphatic carbocycles. The first-order valence-electron chi connectivity index (χ1n) is 9.16. The Hall–Kier alpha value is -2.46. The van der Waals surface area contributed by atoms with Gasteiger partial charge in [-0.1, -0.05) is 29.8 Å². The van der Waals surface area contributed by atoms with E-state index in [0.29, 0.717) is 25.5 Å². The van der Waals surface area contributed by atoms with Crippen molar-refractivity contribution in [1.29, 1.82) is 0 Å². The SMILES string of the molecule is CCOC(=O)c1cc2ccccc2n1CCCOc1cc(C)c(Cl)c(C)c1. The van der Waals surface area contributed by atoms with Gasteiger partial charge in [-0.15, -0.1) is 0 Å². The molecular formula is C22H24ClNO3. The van der Waals surface area contributed by atoms with E-state index in [1.54, 1.807) is 0 Å². The molecule has 0 aliphatic heterocycles. The monoisotopic (exact) mass is 385 g/mol. The van der Waals surface area contributed by atoms with Gasteiger partial charge in [-0.2, -0.15) is 0 Å². The largest absolute Gasteiger partial charge is 0.494 e. The Morgan fingerprint density at radius 1 is 1.11 bits per heavy atom. The first-order valence-corrected chi connectivity index (χ1v) is 9.54. The molecule has 0 amide bonds. The van der Waals surface area contributed by atoms with Crippen LogP contribution >= 0.6 is 11.6 Å². The summed E-state index contributed by atoms with van der Waals surface area (Å²) in [7, 11) is 0. The van der Waals surface area contributed by atoms with Crippen molar-refractivity contribution < 1.29 is 14.3 Å². The van der Waals surface area contributed by atoms with Gasteiger partial charge in [0.25, 0.3) is 0 Å². The van der Waals surface area contributed by atoms with Crippen LogP contribution in [0.5, 0.6) is 5.75 Å². The van der Waals surface area contributed by atoms with Crippen LogP contribution in [0.4, 0.5) is 0 Å². The van der Waals surface area contributed by atoms with Crippen LogP contribution in [0.2, 0.25) is 5.02 Å². The molecule has 0 N–H and O–H groups in total. The molecule has 0 spiro atoms. The van der Waals surface area contributed by atoms with Gasteiger partial charge in [0.1, 0.15) is 11.4 Å². The van der Waals surface area contributed by atoms with Crippen molar-refractivity contribution in [3.8, 4) is 5.75 Å². The topological polar surface area (TPSA) is 40.5 Å². The average molecular weight is 386 g/mol. The molecule has 0 radical (unpaired) electrons. The fraction of sp³-hybridized carbons (Fsp3) is 0.318. The summed E-state index contributed by atoms with van der Waals surface area (Å²) in [6.45, 7) is 7.34. The van der Waals surface area contributed by atoms with Crippen molar-refractivity contribution in [2.45, 2.75) is 33.7 Å². The number of para-hydroxylation sites is 1. The number of aryl methyl sites for hydroxylation is 3. The second kappa shape index (κ2) is 8.49. The van der Waals surface area contributed by atoms with Crippen LogP contribution in [-0.4, -0.2) is 23.8 Å². The minimum Gasteiger partial charge on any atom is -0.494 e. The number of hydrogen-bond acceptors (Lipinski definition) is 3. The predicted octanol–water partition coefficient (Wildman–Crippen LogP) is 5.56. The van der Waals surface area contributed by atoms with Gasteiger partial charge >= 0.3 is 5.97 Å². The normalized spacial score (nSPS) is 11.0. The Bertz CT molecular complexity index is 938. The molecule has 27 heavy (non-hydrogen) atoms. The molecule has 142 valence electrons. The fourth-order valence-electron chi connectivity index (χ4n) is 3.23. The standard InChI is InChI=1S/C22H24ClNO3/c1-4-26-22(25)20-14-17-8-5-6-9-19(17)24(20)10-7-11-27-18-12-15(2)21(23)16(3)13-18/h5-6,8-9,12-14H,4,7,10-11H2,1-3H3. The maximum Gasteiger partial charge on any atom is 0.354 e. The number of aromatic nitrogens is 1. The van der Waals surface area contributed by atoms with Crippen molar-refractivity contribution in [3.63, 3.8) is 0 Å². The Morgan fingerprint density at radius 3 is 2.52 bits per heavy atom. The molecule has 2 aromatic carbocycles. The van der Waals surface area contributed by atoms with E-state index < -0.39 is 0 Å². The van der Waals surface area contributed by atoms with Crippen LogP contribution < -0.4 is 4.74 Å². The summed E-state index contributed by atoms with van der Waals surface area (Å²) < 4.78 is 13.1. The summed E-state index contributed by atoms with van der Waals surface area (Å²) in [6, 6.07) is 13.8. The second-order valence-corrected chi connectivity index (χ2v) is 6.91. The van der Waals surface area contributed by atoms with E-state index in [0.717, 1.165) is 39.2 Å². The van der Waals surface area contributed by atoms with Crippen molar-refractivity contribution >= 4 is 28.5 Å². The minimum absolute atomic E-state index is 0.293. The summed E-state index contributed by atoms with van der Waals surface area (Å²) in [6.07, 6.45) is 0.770. The highest BCUT2D eigenvalue weighted by molar-refractivity contribution is 6.32. The molecular weight excluding hydrogens is 362 g/mol. The van der Waals surface area contributed by atoms with Crippen molar-refractivity contribution in [2.24, 2.45) is 0 Å². The van der Waals surface area contributed by atoms with Gasteiger partial charge < -0.3 is 14.0 Å². The molecule has 0 bridgehead atoms. The van der Waals surface area contributed by atoms with Gasteiger partial charge in [-0.05, 0) is 62.6 Å². The summed E-state index contributed by atoms with van der Waals surface area (Å²) in [5.41, 5.74) is 3.62. The number of benzene rings is 2. The fourth-order valence-corrected chi connectivity index (χ4v) is 3.34. The maximum absolute atomic E-state index is 12.3. The summed E-state index contributed by atoms with van der Waals surface area (Å²) in [5, 5.41) is 1.81. The summed E-state index contributed by atoms with van der Waals surface area (Å²) >= 11 is 6.20. The van der Waals surface area contributed by atoms with Crippen LogP contribution in [0.3, 0.4) is 0 Å². The molecule has 1 heterocycles. The lowest BCUT2D eigenvalue weighted by Gasteiger charge is -2.12. The number of halogens is 1. The third kappa shape index (κ3) is 4.28. The molecule has 1 aromatic heterocycles. The van der Waals surface area contributed by atoms with Crippen LogP contribution in [0.15, 0.2) is 42.5 Å². The van der Waals surface area contributed by atoms with E-state index >= 15 is 0 Å². The minimum atomic E-state index is -0.293. The number of carbonyl (C=O) groups is 1. The first kappa shape index (κ1) is 19.3. The first-order chi connectivity index (χ1) is 13.0. The molecule has 0 saturated heterocycles. The van der Waals surface area contributed by atoms with Gasteiger partial charge in [-0.3, -0.25) is 0 Å². The van der Waals surface area contributed by atoms with Gasteiger partial charge in [-0.25, -0.2) is 4.79 Å². The highest BCUT2D eigenvalue weighted by atomic mass is 35.5. The lowest BCUT2D eigenvalue weighted by atomic mass is 10.1. The molecule has 0 fully saturated rings. The molecule has 3 aromatic rings. The molecule has 0 unspecified atom stereocenters. The van der Waals surface area contributed by atoms with Crippen molar-refractivity contribution in [2.75, 3.05) is 13.2 Å². The van der Waals surface area contributed by atoms with Crippen LogP contribution in [-0.2, 0) is 11.3 Å². The molecule has 3 rings (SSSR count). The number of rotatable bonds is 7. The number of carbonyl (C=O) groups excluding carboxylic acids is 1. The molecule has 0 aliphatic rings. The van der Waals surface area contributed by atoms with Gasteiger partial charge in [0, 0.05) is 22.5 Å². The number of ether oxygens (including phenoxy) is 2.